The van der Waals surface area contributed by atoms with Crippen LogP contribution in [-0.2, 0) is 9.84 Å². The van der Waals surface area contributed by atoms with Crippen molar-refractivity contribution in [3.8, 4) is 0 Å². The summed E-state index contributed by atoms with van der Waals surface area (Å²) in [4.78, 5) is 1.88. The number of hydrogen-bond donors (Lipinski definition) is 2. The van der Waals surface area contributed by atoms with E-state index in [1.165, 1.54) is 0 Å². The highest BCUT2D eigenvalue weighted by Crippen LogP contribution is 2.29. The van der Waals surface area contributed by atoms with Gasteiger partial charge in [-0.1, -0.05) is 0 Å². The monoisotopic (exact) mass is 283 g/mol. The number of sulfone groups is 1. The predicted octanol–water partition coefficient (Wildman–Crippen LogP) is 0.129. The second-order valence-electron chi connectivity index (χ2n) is 4.66. The lowest BCUT2D eigenvalue weighted by Gasteiger charge is -2.23. The van der Waals surface area contributed by atoms with Gasteiger partial charge in [0.2, 0.25) is 0 Å². The largest absolute Gasteiger partial charge is 0.399 e. The Hall–Kier alpha value is -1.34. The fourth-order valence-electron chi connectivity index (χ4n) is 2.54. The molecule has 18 heavy (non-hydrogen) atoms. The Balaban J connectivity index is 1.96. The van der Waals surface area contributed by atoms with Crippen LogP contribution in [0.2, 0.25) is 0 Å². The zero-order valence-corrected chi connectivity index (χ0v) is 11.2. The first kappa shape index (κ1) is 11.7. The highest BCUT2D eigenvalue weighted by molar-refractivity contribution is 7.91. The van der Waals surface area contributed by atoms with Crippen molar-refractivity contribution in [3.05, 3.63) is 24.3 Å². The molecule has 96 valence electrons. The van der Waals surface area contributed by atoms with Gasteiger partial charge in [-0.2, -0.15) is 0 Å². The van der Waals surface area contributed by atoms with Crippen LogP contribution in [0.1, 0.15) is 0 Å². The first-order valence-corrected chi connectivity index (χ1v) is 7.85. The molecule has 0 spiro atoms. The lowest BCUT2D eigenvalue weighted by atomic mass is 10.1. The van der Waals surface area contributed by atoms with E-state index in [1.807, 2.05) is 17.0 Å². The minimum atomic E-state index is -2.97. The van der Waals surface area contributed by atoms with Crippen LogP contribution in [0.4, 0.5) is 11.4 Å². The number of thiocarbonyl (C=S) groups is 1. The van der Waals surface area contributed by atoms with Crippen LogP contribution in [0, 0.1) is 0 Å². The van der Waals surface area contributed by atoms with Gasteiger partial charge in [0.15, 0.2) is 14.9 Å². The van der Waals surface area contributed by atoms with Crippen LogP contribution in [0.15, 0.2) is 24.3 Å². The molecule has 2 aliphatic heterocycles. The summed E-state index contributed by atoms with van der Waals surface area (Å²) in [5.41, 5.74) is 7.20. The van der Waals surface area contributed by atoms with Crippen LogP contribution in [0.25, 0.3) is 0 Å². The standard InChI is InChI=1S/C11H13N3O2S2/c12-7-1-3-8(4-2-7)14-10-6-18(15,16)5-9(10)13-11(14)17/h1-4,9-10H,5-6,12H2,(H,13,17)/t9-,10+/m1/s1. The molecule has 0 amide bonds. The molecule has 2 fully saturated rings. The minimum Gasteiger partial charge on any atom is -0.399 e. The van der Waals surface area contributed by atoms with Crippen molar-refractivity contribution in [1.29, 1.82) is 0 Å². The summed E-state index contributed by atoms with van der Waals surface area (Å²) in [6, 6.07) is 7.09. The molecule has 1 aromatic carbocycles. The van der Waals surface area contributed by atoms with Crippen molar-refractivity contribution in [2.45, 2.75) is 12.1 Å². The number of hydrogen-bond acceptors (Lipinski definition) is 4. The Morgan fingerprint density at radius 1 is 1.28 bits per heavy atom. The van der Waals surface area contributed by atoms with Crippen molar-refractivity contribution in [2.24, 2.45) is 0 Å². The summed E-state index contributed by atoms with van der Waals surface area (Å²) in [7, 11) is -2.97. The molecule has 2 saturated heterocycles. The maximum atomic E-state index is 11.7. The number of benzene rings is 1. The van der Waals surface area contributed by atoms with Gasteiger partial charge < -0.3 is 16.0 Å². The van der Waals surface area contributed by atoms with Crippen molar-refractivity contribution in [1.82, 2.24) is 5.32 Å². The smallest absolute Gasteiger partial charge is 0.174 e. The zero-order chi connectivity index (χ0) is 12.9. The molecule has 2 atom stereocenters. The molecular weight excluding hydrogens is 270 g/mol. The Labute approximate surface area is 111 Å². The van der Waals surface area contributed by atoms with Gasteiger partial charge >= 0.3 is 0 Å². The molecule has 3 N–H and O–H groups in total. The van der Waals surface area contributed by atoms with Gasteiger partial charge in [-0.05, 0) is 36.5 Å². The molecule has 0 aliphatic carbocycles. The number of fused-ring (bicyclic) bond motifs is 1. The quantitative estimate of drug-likeness (QED) is 0.563. The third kappa shape index (κ3) is 1.83. The number of nitrogens with two attached hydrogens (primary N) is 1. The van der Waals surface area contributed by atoms with Crippen molar-refractivity contribution >= 4 is 38.5 Å². The lowest BCUT2D eigenvalue weighted by molar-refractivity contribution is 0.600. The van der Waals surface area contributed by atoms with E-state index in [4.69, 9.17) is 18.0 Å². The topological polar surface area (TPSA) is 75.4 Å². The van der Waals surface area contributed by atoms with Crippen LogP contribution in [-0.4, -0.2) is 37.1 Å². The Kier molecular flexibility index (Phi) is 2.49. The van der Waals surface area contributed by atoms with Crippen molar-refractivity contribution < 1.29 is 8.42 Å². The number of nitrogen functional groups attached to an aromatic ring is 1. The molecule has 1 aromatic rings. The molecule has 3 rings (SSSR count). The van der Waals surface area contributed by atoms with Crippen LogP contribution in [0.3, 0.4) is 0 Å². The van der Waals surface area contributed by atoms with E-state index in [1.54, 1.807) is 12.1 Å². The van der Waals surface area contributed by atoms with Gasteiger partial charge in [0.25, 0.3) is 0 Å². The Morgan fingerprint density at radius 3 is 2.61 bits per heavy atom. The molecular formula is C11H13N3O2S2. The molecule has 7 heteroatoms. The second kappa shape index (κ2) is 3.83. The molecule has 0 radical (unpaired) electrons. The Bertz CT molecular complexity index is 597. The lowest BCUT2D eigenvalue weighted by Crippen LogP contribution is -2.36. The number of nitrogens with zero attached hydrogens (tertiary/aromatic N) is 1. The van der Waals surface area contributed by atoms with Gasteiger partial charge in [0.1, 0.15) is 0 Å². The van der Waals surface area contributed by atoms with E-state index in [-0.39, 0.29) is 23.6 Å². The van der Waals surface area contributed by atoms with E-state index in [2.05, 4.69) is 5.32 Å². The molecule has 0 unspecified atom stereocenters. The first-order chi connectivity index (χ1) is 8.46. The van der Waals surface area contributed by atoms with E-state index in [9.17, 15) is 8.42 Å². The molecule has 2 aliphatic rings. The average molecular weight is 283 g/mol. The summed E-state index contributed by atoms with van der Waals surface area (Å²) < 4.78 is 23.3. The summed E-state index contributed by atoms with van der Waals surface area (Å²) in [5.74, 6) is 0.304. The van der Waals surface area contributed by atoms with E-state index in [0.29, 0.717) is 10.8 Å². The predicted molar refractivity (Wildman–Crippen MR) is 75.3 cm³/mol. The first-order valence-electron chi connectivity index (χ1n) is 5.62. The highest BCUT2D eigenvalue weighted by Gasteiger charge is 2.47. The molecule has 5 nitrogen and oxygen atoms in total. The van der Waals surface area contributed by atoms with E-state index in [0.717, 1.165) is 5.69 Å². The van der Waals surface area contributed by atoms with Gasteiger partial charge in [0.05, 0.1) is 23.6 Å². The van der Waals surface area contributed by atoms with Gasteiger partial charge in [-0.25, -0.2) is 8.42 Å². The number of rotatable bonds is 1. The number of anilines is 2. The minimum absolute atomic E-state index is 0.0972. The summed E-state index contributed by atoms with van der Waals surface area (Å²) in [6.45, 7) is 0. The van der Waals surface area contributed by atoms with E-state index >= 15 is 0 Å². The molecule has 0 aromatic heterocycles. The van der Waals surface area contributed by atoms with Crippen molar-refractivity contribution in [3.63, 3.8) is 0 Å². The van der Waals surface area contributed by atoms with Crippen molar-refractivity contribution in [2.75, 3.05) is 22.1 Å². The second-order valence-corrected chi connectivity index (χ2v) is 7.20. The Morgan fingerprint density at radius 2 is 1.94 bits per heavy atom. The summed E-state index contributed by atoms with van der Waals surface area (Å²) in [5, 5.41) is 3.67. The fourth-order valence-corrected chi connectivity index (χ4v) is 4.83. The van der Waals surface area contributed by atoms with E-state index < -0.39 is 9.84 Å². The maximum Gasteiger partial charge on any atom is 0.174 e. The normalized spacial score (nSPS) is 29.1. The number of nitrogens with one attached hydrogen (secondary N) is 1. The zero-order valence-electron chi connectivity index (χ0n) is 9.54. The SMILES string of the molecule is Nc1ccc(N2C(=S)N[C@@H]3CS(=O)(=O)C[C@@H]32)cc1. The van der Waals surface area contributed by atoms with Gasteiger partial charge in [0, 0.05) is 11.4 Å². The highest BCUT2D eigenvalue weighted by atomic mass is 32.2. The fraction of sp³-hybridized carbons (Fsp3) is 0.364. The van der Waals surface area contributed by atoms with Gasteiger partial charge in [-0.15, -0.1) is 0 Å². The van der Waals surface area contributed by atoms with Crippen LogP contribution >= 0.6 is 12.2 Å². The third-order valence-corrected chi connectivity index (χ3v) is 5.38. The van der Waals surface area contributed by atoms with Crippen LogP contribution < -0.4 is 16.0 Å². The average Bonchev–Trinajstić information content (AvgIpc) is 2.70. The third-order valence-electron chi connectivity index (χ3n) is 3.35. The van der Waals surface area contributed by atoms with Crippen LogP contribution in [0.5, 0.6) is 0 Å². The summed E-state index contributed by atoms with van der Waals surface area (Å²) in [6.07, 6.45) is 0. The maximum absolute atomic E-state index is 11.7. The molecule has 0 saturated carbocycles. The molecule has 2 heterocycles. The summed E-state index contributed by atoms with van der Waals surface area (Å²) >= 11 is 5.27. The van der Waals surface area contributed by atoms with Gasteiger partial charge in [-0.3, -0.25) is 0 Å². The molecule has 0 bridgehead atoms.